The standard InChI is InChI=1S/C20H18N2O4S/c1-2-24-15-6-3-13(4-7-15)9-19(23)22-20-21-16(11-27-20)14-5-8-17-18(10-14)26-12-25-17/h3-8,10-11H,2,9,12H2,1H3,(H,21,22,23). The number of hydrogen-bond acceptors (Lipinski definition) is 6. The van der Waals surface area contributed by atoms with Crippen LogP contribution in [0, 0.1) is 0 Å². The maximum atomic E-state index is 12.3. The molecule has 1 aliphatic heterocycles. The van der Waals surface area contributed by atoms with Gasteiger partial charge in [-0.2, -0.15) is 0 Å². The van der Waals surface area contributed by atoms with Crippen LogP contribution in [0.25, 0.3) is 11.3 Å². The lowest BCUT2D eigenvalue weighted by Gasteiger charge is -2.05. The molecule has 4 rings (SSSR count). The van der Waals surface area contributed by atoms with Crippen LogP contribution in [0.3, 0.4) is 0 Å². The molecule has 138 valence electrons. The number of nitrogens with one attached hydrogen (secondary N) is 1. The van der Waals surface area contributed by atoms with Crippen molar-refractivity contribution in [3.05, 3.63) is 53.4 Å². The summed E-state index contributed by atoms with van der Waals surface area (Å²) in [5.41, 5.74) is 2.63. The van der Waals surface area contributed by atoms with Crippen LogP contribution in [-0.2, 0) is 11.2 Å². The van der Waals surface area contributed by atoms with E-state index in [0.717, 1.165) is 28.3 Å². The van der Waals surface area contributed by atoms with Crippen LogP contribution in [-0.4, -0.2) is 24.3 Å². The van der Waals surface area contributed by atoms with E-state index in [1.165, 1.54) is 11.3 Å². The van der Waals surface area contributed by atoms with E-state index in [2.05, 4.69) is 10.3 Å². The third kappa shape index (κ3) is 4.03. The summed E-state index contributed by atoms with van der Waals surface area (Å²) < 4.78 is 16.1. The second-order valence-electron chi connectivity index (χ2n) is 5.91. The quantitative estimate of drug-likeness (QED) is 0.694. The zero-order chi connectivity index (χ0) is 18.6. The van der Waals surface area contributed by atoms with E-state index in [4.69, 9.17) is 14.2 Å². The molecule has 3 aromatic rings. The number of nitrogens with zero attached hydrogens (tertiary/aromatic N) is 1. The fourth-order valence-corrected chi connectivity index (χ4v) is 3.47. The second kappa shape index (κ2) is 7.67. The number of carbonyl (C=O) groups is 1. The first kappa shape index (κ1) is 17.4. The normalized spacial score (nSPS) is 12.0. The van der Waals surface area contributed by atoms with E-state index in [1.54, 1.807) is 0 Å². The highest BCUT2D eigenvalue weighted by atomic mass is 32.1. The molecule has 6 nitrogen and oxygen atoms in total. The van der Waals surface area contributed by atoms with Gasteiger partial charge in [-0.1, -0.05) is 12.1 Å². The summed E-state index contributed by atoms with van der Waals surface area (Å²) in [4.78, 5) is 16.8. The van der Waals surface area contributed by atoms with E-state index in [-0.39, 0.29) is 19.1 Å². The molecule has 0 spiro atoms. The van der Waals surface area contributed by atoms with Crippen molar-refractivity contribution >= 4 is 22.4 Å². The van der Waals surface area contributed by atoms with Crippen LogP contribution in [0.2, 0.25) is 0 Å². The van der Waals surface area contributed by atoms with Crippen molar-refractivity contribution in [1.29, 1.82) is 0 Å². The molecule has 0 atom stereocenters. The van der Waals surface area contributed by atoms with Gasteiger partial charge in [0.15, 0.2) is 16.6 Å². The number of fused-ring (bicyclic) bond motifs is 1. The number of amides is 1. The van der Waals surface area contributed by atoms with Gasteiger partial charge >= 0.3 is 0 Å². The summed E-state index contributed by atoms with van der Waals surface area (Å²) in [6.07, 6.45) is 0.283. The lowest BCUT2D eigenvalue weighted by atomic mass is 10.1. The average Bonchev–Trinajstić information content (AvgIpc) is 3.32. The molecule has 1 aliphatic rings. The molecule has 2 heterocycles. The summed E-state index contributed by atoms with van der Waals surface area (Å²) in [6, 6.07) is 13.2. The molecular weight excluding hydrogens is 364 g/mol. The highest BCUT2D eigenvalue weighted by Gasteiger charge is 2.15. The van der Waals surface area contributed by atoms with Crippen LogP contribution in [0.15, 0.2) is 47.8 Å². The molecule has 27 heavy (non-hydrogen) atoms. The first-order valence-electron chi connectivity index (χ1n) is 8.58. The van der Waals surface area contributed by atoms with Gasteiger partial charge in [0.25, 0.3) is 0 Å². The fraction of sp³-hybridized carbons (Fsp3) is 0.200. The summed E-state index contributed by atoms with van der Waals surface area (Å²) in [6.45, 7) is 2.80. The Morgan fingerprint density at radius 3 is 2.81 bits per heavy atom. The number of ether oxygens (including phenoxy) is 3. The Bertz CT molecular complexity index is 953. The zero-order valence-electron chi connectivity index (χ0n) is 14.7. The minimum atomic E-state index is -0.106. The third-order valence-electron chi connectivity index (χ3n) is 4.02. The molecule has 1 amide bonds. The van der Waals surface area contributed by atoms with Crippen molar-refractivity contribution in [2.45, 2.75) is 13.3 Å². The SMILES string of the molecule is CCOc1ccc(CC(=O)Nc2nc(-c3ccc4c(c3)OCO4)cs2)cc1. The molecule has 0 fully saturated rings. The number of anilines is 1. The van der Waals surface area contributed by atoms with E-state index in [1.807, 2.05) is 54.8 Å². The maximum absolute atomic E-state index is 12.3. The highest BCUT2D eigenvalue weighted by Crippen LogP contribution is 2.36. The lowest BCUT2D eigenvalue weighted by Crippen LogP contribution is -2.14. The topological polar surface area (TPSA) is 69.7 Å². The Balaban J connectivity index is 1.39. The van der Waals surface area contributed by atoms with Gasteiger partial charge < -0.3 is 19.5 Å². The first-order chi connectivity index (χ1) is 13.2. The second-order valence-corrected chi connectivity index (χ2v) is 6.77. The highest BCUT2D eigenvalue weighted by molar-refractivity contribution is 7.14. The van der Waals surface area contributed by atoms with Crippen molar-refractivity contribution in [3.8, 4) is 28.5 Å². The summed E-state index contributed by atoms with van der Waals surface area (Å²) in [5.74, 6) is 2.14. The number of hydrogen-bond donors (Lipinski definition) is 1. The van der Waals surface area contributed by atoms with Crippen LogP contribution in [0.1, 0.15) is 12.5 Å². The van der Waals surface area contributed by atoms with Gasteiger partial charge in [0.1, 0.15) is 5.75 Å². The molecule has 2 aromatic carbocycles. The molecule has 0 unspecified atom stereocenters. The molecular formula is C20H18N2O4S. The predicted molar refractivity (Wildman–Crippen MR) is 104 cm³/mol. The van der Waals surface area contributed by atoms with Crippen molar-refractivity contribution in [2.24, 2.45) is 0 Å². The largest absolute Gasteiger partial charge is 0.494 e. The Hall–Kier alpha value is -3.06. The van der Waals surface area contributed by atoms with Gasteiger partial charge in [0, 0.05) is 10.9 Å². The van der Waals surface area contributed by atoms with Gasteiger partial charge in [0.05, 0.1) is 18.7 Å². The summed E-state index contributed by atoms with van der Waals surface area (Å²) in [7, 11) is 0. The Kier molecular flexibility index (Phi) is 4.93. The minimum absolute atomic E-state index is 0.106. The molecule has 0 saturated carbocycles. The van der Waals surface area contributed by atoms with Gasteiger partial charge in [-0.15, -0.1) is 11.3 Å². The number of rotatable bonds is 6. The zero-order valence-corrected chi connectivity index (χ0v) is 15.5. The Morgan fingerprint density at radius 2 is 2.00 bits per heavy atom. The first-order valence-corrected chi connectivity index (χ1v) is 9.46. The van der Waals surface area contributed by atoms with Gasteiger partial charge in [-0.3, -0.25) is 4.79 Å². The van der Waals surface area contributed by atoms with Gasteiger partial charge in [-0.25, -0.2) is 4.98 Å². The molecule has 0 aliphatic carbocycles. The maximum Gasteiger partial charge on any atom is 0.231 e. The summed E-state index contributed by atoms with van der Waals surface area (Å²) >= 11 is 1.39. The van der Waals surface area contributed by atoms with E-state index >= 15 is 0 Å². The number of thiazole rings is 1. The molecule has 0 bridgehead atoms. The summed E-state index contributed by atoms with van der Waals surface area (Å²) in [5, 5.41) is 5.33. The van der Waals surface area contributed by atoms with Gasteiger partial charge in [0.2, 0.25) is 12.7 Å². The van der Waals surface area contributed by atoms with Crippen LogP contribution in [0.5, 0.6) is 17.2 Å². The van der Waals surface area contributed by atoms with Crippen LogP contribution >= 0.6 is 11.3 Å². The van der Waals surface area contributed by atoms with Crippen LogP contribution in [0.4, 0.5) is 5.13 Å². The molecule has 0 radical (unpaired) electrons. The van der Waals surface area contributed by atoms with E-state index < -0.39 is 0 Å². The minimum Gasteiger partial charge on any atom is -0.494 e. The third-order valence-corrected chi connectivity index (χ3v) is 4.78. The lowest BCUT2D eigenvalue weighted by molar-refractivity contribution is -0.115. The molecule has 0 saturated heterocycles. The molecule has 7 heteroatoms. The van der Waals surface area contributed by atoms with E-state index in [9.17, 15) is 4.79 Å². The molecule has 1 aromatic heterocycles. The van der Waals surface area contributed by atoms with Crippen molar-refractivity contribution in [2.75, 3.05) is 18.7 Å². The smallest absolute Gasteiger partial charge is 0.231 e. The number of aromatic nitrogens is 1. The van der Waals surface area contributed by atoms with Crippen molar-refractivity contribution in [3.63, 3.8) is 0 Å². The van der Waals surface area contributed by atoms with Crippen molar-refractivity contribution in [1.82, 2.24) is 4.98 Å². The Labute approximate surface area is 160 Å². The van der Waals surface area contributed by atoms with Gasteiger partial charge in [-0.05, 0) is 42.8 Å². The van der Waals surface area contributed by atoms with Crippen molar-refractivity contribution < 1.29 is 19.0 Å². The fourth-order valence-electron chi connectivity index (χ4n) is 2.74. The van der Waals surface area contributed by atoms with Crippen LogP contribution < -0.4 is 19.5 Å². The number of benzene rings is 2. The molecule has 1 N–H and O–H groups in total. The van der Waals surface area contributed by atoms with E-state index in [0.29, 0.717) is 17.5 Å². The average molecular weight is 382 g/mol. The Morgan fingerprint density at radius 1 is 1.19 bits per heavy atom. The monoisotopic (exact) mass is 382 g/mol. The predicted octanol–water partition coefficient (Wildman–Crippen LogP) is 4.12. The number of carbonyl (C=O) groups excluding carboxylic acids is 1.